The van der Waals surface area contributed by atoms with Gasteiger partial charge in [0.1, 0.15) is 0 Å². The summed E-state index contributed by atoms with van der Waals surface area (Å²) in [6, 6.07) is 9.21. The van der Waals surface area contributed by atoms with Gasteiger partial charge >= 0.3 is 6.03 Å². The minimum atomic E-state index is -0.148. The van der Waals surface area contributed by atoms with Gasteiger partial charge in [0.25, 0.3) is 0 Å². The summed E-state index contributed by atoms with van der Waals surface area (Å²) in [5, 5.41) is 9.00. The standard InChI is InChI=1S/C18H28N4O3.ClH/c1-25-13-11-19-9-10-20-17(23)15-6-5-12-22(14-15)18(24)21-16-7-3-2-4-8-16;/h2-4,7-8,15,19H,5-6,9-14H2,1H3,(H,20,23)(H,21,24);1H. The predicted octanol–water partition coefficient (Wildman–Crippen LogP) is 1.70. The third-order valence-electron chi connectivity index (χ3n) is 4.19. The molecule has 1 atom stereocenters. The summed E-state index contributed by atoms with van der Waals surface area (Å²) in [5.74, 6) is -0.125. The van der Waals surface area contributed by atoms with Gasteiger partial charge in [-0.1, -0.05) is 18.2 Å². The van der Waals surface area contributed by atoms with E-state index in [1.807, 2.05) is 30.3 Å². The molecule has 8 heteroatoms. The summed E-state index contributed by atoms with van der Waals surface area (Å²) in [6.45, 7) is 3.85. The van der Waals surface area contributed by atoms with E-state index in [0.717, 1.165) is 25.1 Å². The van der Waals surface area contributed by atoms with Crippen molar-refractivity contribution in [2.75, 3.05) is 51.8 Å². The van der Waals surface area contributed by atoms with Gasteiger partial charge in [-0.05, 0) is 25.0 Å². The average Bonchev–Trinajstić information content (AvgIpc) is 2.65. The molecule has 1 aliphatic rings. The quantitative estimate of drug-likeness (QED) is 0.596. The van der Waals surface area contributed by atoms with Gasteiger partial charge in [0.15, 0.2) is 0 Å². The highest BCUT2D eigenvalue weighted by atomic mass is 35.5. The Bertz CT molecular complexity index is 544. The van der Waals surface area contributed by atoms with Gasteiger partial charge in [0.05, 0.1) is 12.5 Å². The molecular formula is C18H29ClN4O3. The average molecular weight is 385 g/mol. The second kappa shape index (κ2) is 12.5. The normalized spacial score (nSPS) is 16.5. The van der Waals surface area contributed by atoms with Crippen LogP contribution in [0.15, 0.2) is 30.3 Å². The molecule has 1 unspecified atom stereocenters. The highest BCUT2D eigenvalue weighted by Gasteiger charge is 2.28. The van der Waals surface area contributed by atoms with Gasteiger partial charge in [-0.15, -0.1) is 12.4 Å². The Morgan fingerprint density at radius 2 is 1.96 bits per heavy atom. The fourth-order valence-corrected chi connectivity index (χ4v) is 2.82. The van der Waals surface area contributed by atoms with Crippen LogP contribution in [0.3, 0.4) is 0 Å². The number of anilines is 1. The van der Waals surface area contributed by atoms with E-state index in [1.165, 1.54) is 0 Å². The van der Waals surface area contributed by atoms with Gasteiger partial charge < -0.3 is 25.6 Å². The SMILES string of the molecule is COCCNCCNC(=O)C1CCCN(C(=O)Nc2ccccc2)C1.Cl. The first-order valence-electron chi connectivity index (χ1n) is 8.79. The third kappa shape index (κ3) is 7.59. The number of nitrogens with zero attached hydrogens (tertiary/aromatic N) is 1. The molecule has 1 saturated heterocycles. The van der Waals surface area contributed by atoms with Crippen molar-refractivity contribution in [2.24, 2.45) is 5.92 Å². The maximum atomic E-state index is 12.4. The maximum Gasteiger partial charge on any atom is 0.321 e. The lowest BCUT2D eigenvalue weighted by Gasteiger charge is -2.32. The molecule has 1 heterocycles. The summed E-state index contributed by atoms with van der Waals surface area (Å²) >= 11 is 0. The van der Waals surface area contributed by atoms with Gasteiger partial charge in [-0.25, -0.2) is 4.79 Å². The van der Waals surface area contributed by atoms with Crippen LogP contribution in [0, 0.1) is 5.92 Å². The van der Waals surface area contributed by atoms with Crippen molar-refractivity contribution >= 4 is 30.0 Å². The fraction of sp³-hybridized carbons (Fsp3) is 0.556. The van der Waals surface area contributed by atoms with Crippen molar-refractivity contribution < 1.29 is 14.3 Å². The number of ether oxygens (including phenoxy) is 1. The van der Waals surface area contributed by atoms with Crippen LogP contribution >= 0.6 is 12.4 Å². The van der Waals surface area contributed by atoms with Crippen LogP contribution in [0.25, 0.3) is 0 Å². The molecule has 1 aliphatic heterocycles. The second-order valence-electron chi connectivity index (χ2n) is 6.12. The number of likely N-dealkylation sites (tertiary alicyclic amines) is 1. The number of nitrogens with one attached hydrogen (secondary N) is 3. The molecule has 0 bridgehead atoms. The highest BCUT2D eigenvalue weighted by molar-refractivity contribution is 5.90. The second-order valence-corrected chi connectivity index (χ2v) is 6.12. The van der Waals surface area contributed by atoms with Gasteiger partial charge in [0, 0.05) is 45.5 Å². The summed E-state index contributed by atoms with van der Waals surface area (Å²) in [7, 11) is 1.66. The fourth-order valence-electron chi connectivity index (χ4n) is 2.82. The zero-order valence-electron chi connectivity index (χ0n) is 15.2. The number of methoxy groups -OCH3 is 1. The topological polar surface area (TPSA) is 82.7 Å². The number of carbonyl (C=O) groups excluding carboxylic acids is 2. The van der Waals surface area contributed by atoms with Gasteiger partial charge in [-0.2, -0.15) is 0 Å². The number of hydrogen-bond donors (Lipinski definition) is 3. The molecule has 0 spiro atoms. The molecular weight excluding hydrogens is 356 g/mol. The highest BCUT2D eigenvalue weighted by Crippen LogP contribution is 2.18. The van der Waals surface area contributed by atoms with Crippen molar-refractivity contribution in [1.82, 2.24) is 15.5 Å². The largest absolute Gasteiger partial charge is 0.383 e. The van der Waals surface area contributed by atoms with Crippen LogP contribution < -0.4 is 16.0 Å². The Balaban J connectivity index is 0.00000338. The monoisotopic (exact) mass is 384 g/mol. The Kier molecular flexibility index (Phi) is 10.7. The summed E-state index contributed by atoms with van der Waals surface area (Å²) in [6.07, 6.45) is 1.66. The van der Waals surface area contributed by atoms with Crippen LogP contribution in [-0.4, -0.2) is 63.3 Å². The zero-order valence-corrected chi connectivity index (χ0v) is 16.0. The molecule has 0 aromatic heterocycles. The van der Waals surface area contributed by atoms with Crippen LogP contribution in [0.1, 0.15) is 12.8 Å². The lowest BCUT2D eigenvalue weighted by molar-refractivity contribution is -0.126. The van der Waals surface area contributed by atoms with E-state index >= 15 is 0 Å². The van der Waals surface area contributed by atoms with Crippen molar-refractivity contribution in [1.29, 1.82) is 0 Å². The van der Waals surface area contributed by atoms with Crippen molar-refractivity contribution in [3.05, 3.63) is 30.3 Å². The van der Waals surface area contributed by atoms with Crippen molar-refractivity contribution in [3.63, 3.8) is 0 Å². The van der Waals surface area contributed by atoms with E-state index < -0.39 is 0 Å². The number of hydrogen-bond acceptors (Lipinski definition) is 4. The van der Waals surface area contributed by atoms with E-state index in [1.54, 1.807) is 12.0 Å². The Labute approximate surface area is 161 Å². The van der Waals surface area contributed by atoms with E-state index in [0.29, 0.717) is 32.8 Å². The number of amides is 3. The molecule has 3 amide bonds. The maximum absolute atomic E-state index is 12.4. The zero-order chi connectivity index (χ0) is 17.9. The Morgan fingerprint density at radius 1 is 1.19 bits per heavy atom. The lowest BCUT2D eigenvalue weighted by atomic mass is 9.97. The summed E-state index contributed by atoms with van der Waals surface area (Å²) < 4.78 is 4.95. The number of halogens is 1. The first kappa shape index (κ1) is 22.2. The van der Waals surface area contributed by atoms with Crippen molar-refractivity contribution in [3.8, 4) is 0 Å². The molecule has 2 rings (SSSR count). The molecule has 1 fully saturated rings. The summed E-state index contributed by atoms with van der Waals surface area (Å²) in [5.41, 5.74) is 0.765. The van der Waals surface area contributed by atoms with E-state index in [9.17, 15) is 9.59 Å². The number of para-hydroxylation sites is 1. The molecule has 26 heavy (non-hydrogen) atoms. The van der Waals surface area contributed by atoms with Crippen LogP contribution in [0.2, 0.25) is 0 Å². The number of carbonyl (C=O) groups is 2. The van der Waals surface area contributed by atoms with E-state index in [2.05, 4.69) is 16.0 Å². The molecule has 0 saturated carbocycles. The van der Waals surface area contributed by atoms with E-state index in [4.69, 9.17) is 4.74 Å². The minimum Gasteiger partial charge on any atom is -0.383 e. The van der Waals surface area contributed by atoms with Crippen LogP contribution in [0.5, 0.6) is 0 Å². The summed E-state index contributed by atoms with van der Waals surface area (Å²) in [4.78, 5) is 26.4. The molecule has 0 aliphatic carbocycles. The van der Waals surface area contributed by atoms with Crippen LogP contribution in [0.4, 0.5) is 10.5 Å². The lowest BCUT2D eigenvalue weighted by Crippen LogP contribution is -2.47. The predicted molar refractivity (Wildman–Crippen MR) is 105 cm³/mol. The third-order valence-corrected chi connectivity index (χ3v) is 4.19. The van der Waals surface area contributed by atoms with Gasteiger partial charge in [0.2, 0.25) is 5.91 Å². The number of rotatable bonds is 8. The molecule has 1 aromatic carbocycles. The number of urea groups is 1. The minimum absolute atomic E-state index is 0. The molecule has 7 nitrogen and oxygen atoms in total. The molecule has 3 N–H and O–H groups in total. The first-order chi connectivity index (χ1) is 12.2. The van der Waals surface area contributed by atoms with Crippen molar-refractivity contribution in [2.45, 2.75) is 12.8 Å². The smallest absolute Gasteiger partial charge is 0.321 e. The first-order valence-corrected chi connectivity index (χ1v) is 8.79. The van der Waals surface area contributed by atoms with Gasteiger partial charge in [-0.3, -0.25) is 4.79 Å². The van der Waals surface area contributed by atoms with Crippen LogP contribution in [-0.2, 0) is 9.53 Å². The number of piperidine rings is 1. The Morgan fingerprint density at radius 3 is 2.69 bits per heavy atom. The number of benzene rings is 1. The molecule has 0 radical (unpaired) electrons. The molecule has 146 valence electrons. The van der Waals surface area contributed by atoms with E-state index in [-0.39, 0.29) is 30.3 Å². The Hall–Kier alpha value is -1.83. The molecule has 1 aromatic rings.